The van der Waals surface area contributed by atoms with Gasteiger partial charge in [-0.05, 0) is 38.1 Å². The van der Waals surface area contributed by atoms with E-state index in [4.69, 9.17) is 10.5 Å². The number of hydrogen-bond acceptors (Lipinski definition) is 3. The Morgan fingerprint density at radius 2 is 2.26 bits per heavy atom. The molecule has 2 unspecified atom stereocenters. The maximum atomic E-state index is 5.82. The minimum Gasteiger partial charge on any atom is -0.496 e. The van der Waals surface area contributed by atoms with Gasteiger partial charge in [0.2, 0.25) is 0 Å². The number of rotatable bonds is 3. The minimum atomic E-state index is 0.405. The number of hydrogen-bond donors (Lipinski definition) is 2. The Bertz CT molecular complexity index is 578. The summed E-state index contributed by atoms with van der Waals surface area (Å²) in [5.41, 5.74) is 8.21. The van der Waals surface area contributed by atoms with E-state index in [9.17, 15) is 0 Å². The molecule has 0 bridgehead atoms. The van der Waals surface area contributed by atoms with Crippen molar-refractivity contribution in [2.45, 2.75) is 12.5 Å². The highest BCUT2D eigenvalue weighted by atomic mass is 16.5. The molecule has 1 aliphatic rings. The quantitative estimate of drug-likeness (QED) is 0.888. The second-order valence-electron chi connectivity index (χ2n) is 5.42. The molecule has 4 heteroatoms. The molecule has 19 heavy (non-hydrogen) atoms. The molecule has 2 atom stereocenters. The van der Waals surface area contributed by atoms with Crippen molar-refractivity contribution in [1.82, 2.24) is 9.88 Å². The van der Waals surface area contributed by atoms with Gasteiger partial charge in [0.1, 0.15) is 5.75 Å². The van der Waals surface area contributed by atoms with Gasteiger partial charge in [-0.1, -0.05) is 6.07 Å². The summed E-state index contributed by atoms with van der Waals surface area (Å²) in [6, 6.07) is 6.80. The van der Waals surface area contributed by atoms with Crippen LogP contribution in [0.3, 0.4) is 0 Å². The van der Waals surface area contributed by atoms with Gasteiger partial charge in [-0.2, -0.15) is 0 Å². The Morgan fingerprint density at radius 3 is 2.95 bits per heavy atom. The Kier molecular flexibility index (Phi) is 3.21. The van der Waals surface area contributed by atoms with Crippen LogP contribution in [0.25, 0.3) is 10.9 Å². The first-order valence-corrected chi connectivity index (χ1v) is 6.79. The van der Waals surface area contributed by atoms with Crippen LogP contribution in [0.1, 0.15) is 18.0 Å². The number of nitrogens with zero attached hydrogens (tertiary/aromatic N) is 1. The summed E-state index contributed by atoms with van der Waals surface area (Å²) in [7, 11) is 3.92. The lowest BCUT2D eigenvalue weighted by molar-refractivity contribution is 0.304. The highest BCUT2D eigenvalue weighted by Crippen LogP contribution is 2.41. The summed E-state index contributed by atoms with van der Waals surface area (Å²) in [5.74, 6) is 1.58. The molecule has 1 aromatic carbocycles. The Hall–Kier alpha value is -1.52. The third-order valence-electron chi connectivity index (χ3n) is 4.25. The molecule has 0 saturated carbocycles. The van der Waals surface area contributed by atoms with E-state index in [0.717, 1.165) is 36.2 Å². The van der Waals surface area contributed by atoms with Crippen molar-refractivity contribution in [1.29, 1.82) is 0 Å². The monoisotopic (exact) mass is 259 g/mol. The topological polar surface area (TPSA) is 54.3 Å². The molecule has 0 radical (unpaired) electrons. The summed E-state index contributed by atoms with van der Waals surface area (Å²) in [6.45, 7) is 1.82. The van der Waals surface area contributed by atoms with Crippen molar-refractivity contribution in [3.8, 4) is 5.75 Å². The van der Waals surface area contributed by atoms with Crippen LogP contribution in [-0.4, -0.2) is 37.1 Å². The van der Waals surface area contributed by atoms with E-state index >= 15 is 0 Å². The smallest absolute Gasteiger partial charge is 0.133 e. The summed E-state index contributed by atoms with van der Waals surface area (Å²) in [4.78, 5) is 5.61. The van der Waals surface area contributed by atoms with Crippen LogP contribution in [0.15, 0.2) is 24.4 Å². The lowest BCUT2D eigenvalue weighted by Crippen LogP contribution is -2.20. The predicted octanol–water partition coefficient (Wildman–Crippen LogP) is 2.13. The van der Waals surface area contributed by atoms with E-state index in [-0.39, 0.29) is 0 Å². The SMILES string of the molecule is COc1c(C2CC(CN)CN2C)ccc2[nH]ccc12. The summed E-state index contributed by atoms with van der Waals surface area (Å²) in [5, 5.41) is 1.16. The lowest BCUT2D eigenvalue weighted by atomic mass is 9.98. The van der Waals surface area contributed by atoms with E-state index in [1.807, 2.05) is 6.20 Å². The van der Waals surface area contributed by atoms with Crippen molar-refractivity contribution >= 4 is 10.9 Å². The van der Waals surface area contributed by atoms with Crippen LogP contribution in [0.4, 0.5) is 0 Å². The summed E-state index contributed by atoms with van der Waals surface area (Å²) >= 11 is 0. The third kappa shape index (κ3) is 2.01. The van der Waals surface area contributed by atoms with Crippen LogP contribution < -0.4 is 10.5 Å². The minimum absolute atomic E-state index is 0.405. The highest BCUT2D eigenvalue weighted by Gasteiger charge is 2.31. The molecule has 0 amide bonds. The van der Waals surface area contributed by atoms with Crippen molar-refractivity contribution < 1.29 is 4.74 Å². The predicted molar refractivity (Wildman–Crippen MR) is 77.4 cm³/mol. The molecular formula is C15H21N3O. The average molecular weight is 259 g/mol. The zero-order valence-corrected chi connectivity index (χ0v) is 11.5. The number of fused-ring (bicyclic) bond motifs is 1. The first kappa shape index (κ1) is 12.5. The maximum Gasteiger partial charge on any atom is 0.133 e. The van der Waals surface area contributed by atoms with Gasteiger partial charge in [-0.3, -0.25) is 4.90 Å². The number of aromatic amines is 1. The molecule has 2 heterocycles. The molecule has 1 aromatic heterocycles. The number of methoxy groups -OCH3 is 1. The van der Waals surface area contributed by atoms with Gasteiger partial charge in [0.25, 0.3) is 0 Å². The molecule has 2 aromatic rings. The summed E-state index contributed by atoms with van der Waals surface area (Å²) < 4.78 is 5.67. The van der Waals surface area contributed by atoms with Gasteiger partial charge >= 0.3 is 0 Å². The second kappa shape index (κ2) is 4.87. The highest BCUT2D eigenvalue weighted by molar-refractivity contribution is 5.87. The Balaban J connectivity index is 2.04. The largest absolute Gasteiger partial charge is 0.496 e. The van der Waals surface area contributed by atoms with Crippen molar-refractivity contribution in [3.05, 3.63) is 30.0 Å². The number of nitrogens with two attached hydrogens (primary N) is 1. The van der Waals surface area contributed by atoms with E-state index < -0.39 is 0 Å². The molecule has 4 nitrogen and oxygen atoms in total. The zero-order chi connectivity index (χ0) is 13.4. The third-order valence-corrected chi connectivity index (χ3v) is 4.25. The molecule has 0 aliphatic carbocycles. The van der Waals surface area contributed by atoms with Crippen LogP contribution >= 0.6 is 0 Å². The molecule has 1 saturated heterocycles. The Morgan fingerprint density at radius 1 is 1.42 bits per heavy atom. The van der Waals surface area contributed by atoms with Crippen LogP contribution in [0.5, 0.6) is 5.75 Å². The van der Waals surface area contributed by atoms with Crippen molar-refractivity contribution in [2.24, 2.45) is 11.7 Å². The van der Waals surface area contributed by atoms with Gasteiger partial charge in [0, 0.05) is 35.2 Å². The molecule has 102 valence electrons. The first-order valence-electron chi connectivity index (χ1n) is 6.79. The van der Waals surface area contributed by atoms with Crippen molar-refractivity contribution in [3.63, 3.8) is 0 Å². The number of likely N-dealkylation sites (tertiary alicyclic amines) is 1. The van der Waals surface area contributed by atoms with Gasteiger partial charge in [-0.15, -0.1) is 0 Å². The van der Waals surface area contributed by atoms with Crippen LogP contribution in [0.2, 0.25) is 0 Å². The lowest BCUT2D eigenvalue weighted by Gasteiger charge is -2.22. The maximum absolute atomic E-state index is 5.82. The van der Waals surface area contributed by atoms with E-state index in [2.05, 4.69) is 35.1 Å². The van der Waals surface area contributed by atoms with E-state index in [1.54, 1.807) is 7.11 Å². The molecule has 3 rings (SSSR count). The number of aromatic nitrogens is 1. The molecule has 1 aliphatic heterocycles. The van der Waals surface area contributed by atoms with Crippen LogP contribution in [0, 0.1) is 5.92 Å². The van der Waals surface area contributed by atoms with E-state index in [0.29, 0.717) is 12.0 Å². The fourth-order valence-corrected chi connectivity index (χ4v) is 3.25. The molecule has 1 fully saturated rings. The van der Waals surface area contributed by atoms with Crippen LogP contribution in [-0.2, 0) is 0 Å². The fourth-order valence-electron chi connectivity index (χ4n) is 3.25. The number of ether oxygens (including phenoxy) is 1. The van der Waals surface area contributed by atoms with Gasteiger partial charge < -0.3 is 15.5 Å². The number of H-pyrrole nitrogens is 1. The second-order valence-corrected chi connectivity index (χ2v) is 5.42. The molecular weight excluding hydrogens is 238 g/mol. The molecule has 0 spiro atoms. The zero-order valence-electron chi connectivity index (χ0n) is 11.5. The normalized spacial score (nSPS) is 24.2. The summed E-state index contributed by atoms with van der Waals surface area (Å²) in [6.07, 6.45) is 3.07. The first-order chi connectivity index (χ1) is 9.24. The number of nitrogens with one attached hydrogen (secondary N) is 1. The van der Waals surface area contributed by atoms with Gasteiger partial charge in [0.05, 0.1) is 7.11 Å². The average Bonchev–Trinajstić information content (AvgIpc) is 3.03. The van der Waals surface area contributed by atoms with Gasteiger partial charge in [0.15, 0.2) is 0 Å². The van der Waals surface area contributed by atoms with Gasteiger partial charge in [-0.25, -0.2) is 0 Å². The number of benzene rings is 1. The van der Waals surface area contributed by atoms with Crippen molar-refractivity contribution in [2.75, 3.05) is 27.2 Å². The fraction of sp³-hybridized carbons (Fsp3) is 0.467. The standard InChI is InChI=1S/C15H21N3O/c1-18-9-10(8-16)7-14(18)12-3-4-13-11(5-6-17-13)15(12)19-2/h3-6,10,14,17H,7-9,16H2,1-2H3. The Labute approximate surface area is 113 Å². The molecule has 3 N–H and O–H groups in total. The van der Waals surface area contributed by atoms with E-state index in [1.165, 1.54) is 5.56 Å².